The van der Waals surface area contributed by atoms with E-state index in [2.05, 4.69) is 15.0 Å². The van der Waals surface area contributed by atoms with Crippen molar-refractivity contribution in [3.8, 4) is 0 Å². The normalized spacial score (nSPS) is 30.7. The van der Waals surface area contributed by atoms with E-state index in [9.17, 15) is 39.3 Å². The van der Waals surface area contributed by atoms with Gasteiger partial charge in [0.05, 0.1) is 37.6 Å². The van der Waals surface area contributed by atoms with E-state index in [1.165, 1.54) is 17.2 Å². The summed E-state index contributed by atoms with van der Waals surface area (Å²) >= 11 is 0. The minimum absolute atomic E-state index is 0.0871. The lowest BCUT2D eigenvalue weighted by molar-refractivity contribution is -0.706. The van der Waals surface area contributed by atoms with E-state index in [0.29, 0.717) is 5.56 Å². The van der Waals surface area contributed by atoms with Crippen LogP contribution in [0.5, 0.6) is 0 Å². The molecule has 1 fully saturated rings. The fraction of sp³-hybridized carbons (Fsp3) is 0.458. The zero-order valence-electron chi connectivity index (χ0n) is 22.9. The number of fused-ring (bicyclic) bond motifs is 1. The lowest BCUT2D eigenvalue weighted by atomic mass is 9.90. The van der Waals surface area contributed by atoms with Crippen LogP contribution in [0.25, 0.3) is 11.2 Å². The van der Waals surface area contributed by atoms with Crippen molar-refractivity contribution in [1.29, 1.82) is 0 Å². The number of hydrogen-bond acceptors (Lipinski definition) is 14. The third-order valence-electron chi connectivity index (χ3n) is 7.18. The Bertz CT molecular complexity index is 1610. The zero-order valence-corrected chi connectivity index (χ0v) is 24.7. The molecule has 10 unspecified atom stereocenters. The Morgan fingerprint density at radius 3 is 2.50 bits per heavy atom. The van der Waals surface area contributed by atoms with Gasteiger partial charge in [-0.1, -0.05) is 6.08 Å². The van der Waals surface area contributed by atoms with Gasteiger partial charge in [0.1, 0.15) is 36.4 Å². The minimum atomic E-state index is -4.78. The van der Waals surface area contributed by atoms with Crippen molar-refractivity contribution in [3.05, 3.63) is 61.3 Å². The molecule has 10 N–H and O–H groups in total. The zero-order chi connectivity index (χ0) is 31.8. The number of aliphatic hydroxyl groups is 4. The van der Waals surface area contributed by atoms with Crippen LogP contribution in [0.4, 0.5) is 5.82 Å². The Morgan fingerprint density at radius 2 is 1.80 bits per heavy atom. The summed E-state index contributed by atoms with van der Waals surface area (Å²) in [5.41, 5.74) is 12.2. The standard InChI is InChI=1S/C24H32N7O11P2/c25-21-18-23(28-10-27-21)31(11-29-18)24-20(34)19(33)17(42-24)9-41-44(38,39)12-43(36,37)40-8-14-3-4-15(6-16(14)32)30-5-1-2-13(7-30)22(26)35/h1-7,10-11,14-17,19-20,22,24,32-35H,8-9,12,26H2,(H3-,25,27,28,36,37,38,39)/p+1. The largest absolute Gasteiger partial charge is 0.392 e. The van der Waals surface area contributed by atoms with Crippen LogP contribution in [0, 0.1) is 12.3 Å². The SMILES string of the molecule is Nc1ncnc2c1ncn2C1OC(COP(=O)(O)CP(=O)(O)OCC2C=CC([n+]3cccc(C(N)O)c3)[CH]C2O)C(O)C1O. The van der Waals surface area contributed by atoms with E-state index in [4.69, 9.17) is 25.3 Å². The summed E-state index contributed by atoms with van der Waals surface area (Å²) in [6.45, 7) is -1.17. The molecule has 0 spiro atoms. The van der Waals surface area contributed by atoms with Gasteiger partial charge in [0, 0.05) is 12.0 Å². The van der Waals surface area contributed by atoms with E-state index < -0.39 is 83.1 Å². The van der Waals surface area contributed by atoms with E-state index >= 15 is 0 Å². The molecule has 5 rings (SSSR count). The van der Waals surface area contributed by atoms with Crippen LogP contribution in [0.15, 0.2) is 49.3 Å². The van der Waals surface area contributed by atoms with Crippen LogP contribution in [0.3, 0.4) is 0 Å². The molecule has 1 radical (unpaired) electrons. The van der Waals surface area contributed by atoms with Crippen molar-refractivity contribution in [2.24, 2.45) is 11.7 Å². The van der Waals surface area contributed by atoms with Gasteiger partial charge in [-0.05, 0) is 12.1 Å². The van der Waals surface area contributed by atoms with Gasteiger partial charge < -0.3 is 55.5 Å². The first-order valence-corrected chi connectivity index (χ1v) is 16.8. The molecule has 2 aliphatic rings. The third-order valence-corrected chi connectivity index (χ3v) is 11.1. The second kappa shape index (κ2) is 13.0. The van der Waals surface area contributed by atoms with Crippen molar-refractivity contribution in [3.63, 3.8) is 0 Å². The van der Waals surface area contributed by atoms with Gasteiger partial charge in [-0.2, -0.15) is 4.57 Å². The molecule has 3 aromatic heterocycles. The number of hydrogen-bond donors (Lipinski definition) is 8. The monoisotopic (exact) mass is 657 g/mol. The number of nitrogen functional groups attached to an aromatic ring is 1. The highest BCUT2D eigenvalue weighted by Crippen LogP contribution is 2.58. The Morgan fingerprint density at radius 1 is 1.07 bits per heavy atom. The summed E-state index contributed by atoms with van der Waals surface area (Å²) in [7, 11) is -9.48. The van der Waals surface area contributed by atoms with Crippen molar-refractivity contribution in [1.82, 2.24) is 19.5 Å². The lowest BCUT2D eigenvalue weighted by Crippen LogP contribution is -2.44. The number of aliphatic hydroxyl groups excluding tert-OH is 4. The van der Waals surface area contributed by atoms with Gasteiger partial charge in [-0.3, -0.25) is 13.7 Å². The van der Waals surface area contributed by atoms with Crippen molar-refractivity contribution in [2.75, 3.05) is 24.9 Å². The molecule has 3 aromatic rings. The average Bonchev–Trinajstić information content (AvgIpc) is 3.52. The summed E-state index contributed by atoms with van der Waals surface area (Å²) in [5.74, 6) is -1.93. The third kappa shape index (κ3) is 7.23. The van der Waals surface area contributed by atoms with Crippen LogP contribution in [0.1, 0.15) is 24.1 Å². The molecular formula is C24H33N7O11P2+. The summed E-state index contributed by atoms with van der Waals surface area (Å²) in [6, 6.07) is 2.92. The van der Waals surface area contributed by atoms with Crippen molar-refractivity contribution < 1.29 is 57.7 Å². The summed E-state index contributed by atoms with van der Waals surface area (Å²) < 4.78 is 44.0. The molecule has 20 heteroatoms. The Labute approximate surface area is 250 Å². The molecule has 1 aliphatic carbocycles. The van der Waals surface area contributed by atoms with E-state index in [1.54, 1.807) is 47.7 Å². The maximum Gasteiger partial charge on any atom is 0.340 e. The van der Waals surface area contributed by atoms with Gasteiger partial charge in [0.15, 0.2) is 42.0 Å². The van der Waals surface area contributed by atoms with Crippen molar-refractivity contribution >= 4 is 32.2 Å². The number of imidazole rings is 1. The highest BCUT2D eigenvalue weighted by molar-refractivity contribution is 7.70. The molecule has 1 saturated heterocycles. The Hall–Kier alpha value is -2.70. The number of rotatable bonds is 11. The van der Waals surface area contributed by atoms with E-state index in [-0.39, 0.29) is 17.0 Å². The van der Waals surface area contributed by atoms with Gasteiger partial charge in [-0.15, -0.1) is 0 Å². The van der Waals surface area contributed by atoms with Crippen LogP contribution < -0.4 is 16.0 Å². The maximum absolute atomic E-state index is 12.7. The van der Waals surface area contributed by atoms with Gasteiger partial charge in [0.25, 0.3) is 0 Å². The van der Waals surface area contributed by atoms with Gasteiger partial charge in [-0.25, -0.2) is 15.0 Å². The molecule has 44 heavy (non-hydrogen) atoms. The van der Waals surface area contributed by atoms with E-state index in [1.807, 2.05) is 0 Å². The smallest absolute Gasteiger partial charge is 0.340 e. The fourth-order valence-electron chi connectivity index (χ4n) is 4.86. The molecule has 0 aromatic carbocycles. The Kier molecular flexibility index (Phi) is 9.63. The molecule has 10 atom stereocenters. The number of allylic oxidation sites excluding steroid dienone is 1. The van der Waals surface area contributed by atoms with Gasteiger partial charge >= 0.3 is 15.2 Å². The molecule has 0 bridgehead atoms. The first-order valence-electron chi connectivity index (χ1n) is 13.3. The predicted octanol–water partition coefficient (Wildman–Crippen LogP) is -1.38. The molecule has 0 saturated carbocycles. The number of ether oxygens (including phenoxy) is 1. The molecule has 4 heterocycles. The van der Waals surface area contributed by atoms with Crippen LogP contribution in [0.2, 0.25) is 0 Å². The predicted molar refractivity (Wildman–Crippen MR) is 150 cm³/mol. The second-order valence-electron chi connectivity index (χ2n) is 10.4. The molecular weight excluding hydrogens is 624 g/mol. The highest BCUT2D eigenvalue weighted by atomic mass is 31.2. The maximum atomic E-state index is 12.7. The van der Waals surface area contributed by atoms with Crippen molar-refractivity contribution in [2.45, 2.75) is 42.9 Å². The second-order valence-corrected chi connectivity index (χ2v) is 14.6. The number of pyridine rings is 1. The molecule has 0 amide bonds. The lowest BCUT2D eigenvalue weighted by Gasteiger charge is -2.26. The van der Waals surface area contributed by atoms with E-state index in [0.717, 1.165) is 0 Å². The number of anilines is 1. The summed E-state index contributed by atoms with van der Waals surface area (Å²) in [5, 5.41) is 41.2. The first-order chi connectivity index (χ1) is 20.7. The molecule has 18 nitrogen and oxygen atoms in total. The number of aromatic nitrogens is 5. The quantitative estimate of drug-likeness (QED) is 0.0510. The van der Waals surface area contributed by atoms with Crippen LogP contribution in [-0.2, 0) is 22.9 Å². The first kappa shape index (κ1) is 32.7. The van der Waals surface area contributed by atoms with Crippen LogP contribution >= 0.6 is 15.2 Å². The minimum Gasteiger partial charge on any atom is -0.392 e. The average molecular weight is 658 g/mol. The molecule has 239 valence electrons. The number of nitrogens with two attached hydrogens (primary N) is 2. The summed E-state index contributed by atoms with van der Waals surface area (Å²) in [4.78, 5) is 32.5. The fourth-order valence-corrected chi connectivity index (χ4v) is 8.10. The topological polar surface area (TPSA) is 283 Å². The van der Waals surface area contributed by atoms with Gasteiger partial charge in [0.2, 0.25) is 0 Å². The number of nitrogens with zero attached hydrogens (tertiary/aromatic N) is 5. The summed E-state index contributed by atoms with van der Waals surface area (Å²) in [6.07, 6.45) is 2.76. The highest BCUT2D eigenvalue weighted by Gasteiger charge is 2.46. The Balaban J connectivity index is 1.14. The molecule has 1 aliphatic heterocycles. The van der Waals surface area contributed by atoms with Crippen LogP contribution in [-0.4, -0.2) is 93.3 Å².